The van der Waals surface area contributed by atoms with E-state index in [1.54, 1.807) is 0 Å². The molecule has 0 amide bonds. The van der Waals surface area contributed by atoms with E-state index in [-0.39, 0.29) is 6.04 Å². The molecule has 0 saturated heterocycles. The molecule has 3 nitrogen and oxygen atoms in total. The van der Waals surface area contributed by atoms with Gasteiger partial charge in [0, 0.05) is 34.3 Å². The Kier molecular flexibility index (Phi) is 5.15. The molecule has 1 aromatic carbocycles. The summed E-state index contributed by atoms with van der Waals surface area (Å²) >= 11 is 1.84. The number of hydrogen-bond acceptors (Lipinski definition) is 4. The Bertz CT molecular complexity index is 564. The first-order chi connectivity index (χ1) is 9.58. The molecule has 0 bridgehead atoms. The van der Waals surface area contributed by atoms with Gasteiger partial charge in [0.05, 0.1) is 0 Å². The highest BCUT2D eigenvalue weighted by Crippen LogP contribution is 2.22. The van der Waals surface area contributed by atoms with Crippen LogP contribution in [0.1, 0.15) is 25.2 Å². The first-order valence-corrected chi connectivity index (χ1v) is 7.90. The predicted molar refractivity (Wildman–Crippen MR) is 86.0 cm³/mol. The summed E-state index contributed by atoms with van der Waals surface area (Å²) in [7, 11) is 0. The van der Waals surface area contributed by atoms with Crippen LogP contribution in [0.15, 0.2) is 35.2 Å². The second-order valence-electron chi connectivity index (χ2n) is 4.96. The second kappa shape index (κ2) is 6.86. The van der Waals surface area contributed by atoms with E-state index in [1.807, 2.05) is 31.7 Å². The van der Waals surface area contributed by atoms with Crippen LogP contribution >= 0.6 is 11.8 Å². The van der Waals surface area contributed by atoms with E-state index in [9.17, 15) is 0 Å². The van der Waals surface area contributed by atoms with Gasteiger partial charge in [0.15, 0.2) is 5.82 Å². The highest BCUT2D eigenvalue weighted by Gasteiger charge is 2.07. The Balaban J connectivity index is 2.29. The van der Waals surface area contributed by atoms with Crippen LogP contribution in [0.25, 0.3) is 11.4 Å². The standard InChI is InChI=1S/C16H21N3S/c1-4-20-15-7-5-13(6-8-15)16-18-12(3)10-14(19-16)9-11(2)17/h5-8,10-11H,4,9,17H2,1-3H3. The third-order valence-electron chi connectivity index (χ3n) is 2.86. The van der Waals surface area contributed by atoms with E-state index in [2.05, 4.69) is 41.2 Å². The quantitative estimate of drug-likeness (QED) is 0.856. The molecule has 0 radical (unpaired) electrons. The maximum Gasteiger partial charge on any atom is 0.159 e. The molecular weight excluding hydrogens is 266 g/mol. The largest absolute Gasteiger partial charge is 0.328 e. The lowest BCUT2D eigenvalue weighted by Crippen LogP contribution is -2.19. The lowest BCUT2D eigenvalue weighted by molar-refractivity contribution is 0.719. The van der Waals surface area contributed by atoms with Crippen LogP contribution in [0.3, 0.4) is 0 Å². The van der Waals surface area contributed by atoms with Crippen molar-refractivity contribution in [3.63, 3.8) is 0 Å². The van der Waals surface area contributed by atoms with E-state index in [0.29, 0.717) is 0 Å². The first-order valence-electron chi connectivity index (χ1n) is 6.92. The minimum Gasteiger partial charge on any atom is -0.328 e. The molecule has 20 heavy (non-hydrogen) atoms. The molecule has 0 spiro atoms. The zero-order valence-corrected chi connectivity index (χ0v) is 13.1. The van der Waals surface area contributed by atoms with Gasteiger partial charge in [-0.2, -0.15) is 0 Å². The van der Waals surface area contributed by atoms with Crippen LogP contribution in [-0.4, -0.2) is 21.8 Å². The molecule has 1 aromatic heterocycles. The molecule has 0 fully saturated rings. The number of aromatic nitrogens is 2. The van der Waals surface area contributed by atoms with Crippen LogP contribution < -0.4 is 5.73 Å². The van der Waals surface area contributed by atoms with Crippen LogP contribution in [0.2, 0.25) is 0 Å². The Morgan fingerprint density at radius 3 is 2.50 bits per heavy atom. The number of thioether (sulfide) groups is 1. The Morgan fingerprint density at radius 1 is 1.20 bits per heavy atom. The third-order valence-corrected chi connectivity index (χ3v) is 3.76. The van der Waals surface area contributed by atoms with E-state index in [4.69, 9.17) is 5.73 Å². The van der Waals surface area contributed by atoms with E-state index in [1.165, 1.54) is 4.90 Å². The SMILES string of the molecule is CCSc1ccc(-c2nc(C)cc(CC(C)N)n2)cc1. The number of nitrogens with zero attached hydrogens (tertiary/aromatic N) is 2. The summed E-state index contributed by atoms with van der Waals surface area (Å²) in [6, 6.07) is 10.5. The van der Waals surface area contributed by atoms with Gasteiger partial charge in [-0.3, -0.25) is 0 Å². The average Bonchev–Trinajstić information content (AvgIpc) is 2.38. The zero-order chi connectivity index (χ0) is 14.5. The van der Waals surface area contributed by atoms with Gasteiger partial charge in [-0.05, 0) is 37.8 Å². The van der Waals surface area contributed by atoms with Crippen molar-refractivity contribution >= 4 is 11.8 Å². The highest BCUT2D eigenvalue weighted by atomic mass is 32.2. The molecule has 0 saturated carbocycles. The molecular formula is C16H21N3S. The van der Waals surface area contributed by atoms with Crippen molar-refractivity contribution < 1.29 is 0 Å². The molecule has 0 aliphatic heterocycles. The van der Waals surface area contributed by atoms with Crippen LogP contribution in [0, 0.1) is 6.92 Å². The molecule has 106 valence electrons. The average molecular weight is 287 g/mol. The van der Waals surface area contributed by atoms with Crippen molar-refractivity contribution in [3.05, 3.63) is 41.7 Å². The van der Waals surface area contributed by atoms with Gasteiger partial charge >= 0.3 is 0 Å². The summed E-state index contributed by atoms with van der Waals surface area (Å²) in [4.78, 5) is 10.4. The van der Waals surface area contributed by atoms with Gasteiger partial charge in [0.25, 0.3) is 0 Å². The summed E-state index contributed by atoms with van der Waals surface area (Å²) in [5.74, 6) is 1.87. The summed E-state index contributed by atoms with van der Waals surface area (Å²) in [6.45, 7) is 6.15. The fraction of sp³-hybridized carbons (Fsp3) is 0.375. The van der Waals surface area contributed by atoms with Crippen LogP contribution in [-0.2, 0) is 6.42 Å². The highest BCUT2D eigenvalue weighted by molar-refractivity contribution is 7.99. The van der Waals surface area contributed by atoms with Crippen molar-refractivity contribution in [2.45, 2.75) is 38.1 Å². The summed E-state index contributed by atoms with van der Waals surface area (Å²) in [6.07, 6.45) is 0.778. The van der Waals surface area contributed by atoms with Crippen molar-refractivity contribution in [2.24, 2.45) is 5.73 Å². The number of nitrogens with two attached hydrogens (primary N) is 1. The van der Waals surface area contributed by atoms with Gasteiger partial charge in [0.2, 0.25) is 0 Å². The van der Waals surface area contributed by atoms with Gasteiger partial charge in [-0.25, -0.2) is 9.97 Å². The zero-order valence-electron chi connectivity index (χ0n) is 12.3. The fourth-order valence-corrected chi connectivity index (χ4v) is 2.73. The number of benzene rings is 1. The predicted octanol–water partition coefficient (Wildman–Crippen LogP) is 3.45. The molecule has 0 aliphatic carbocycles. The van der Waals surface area contributed by atoms with E-state index < -0.39 is 0 Å². The third kappa shape index (κ3) is 4.05. The summed E-state index contributed by atoms with van der Waals surface area (Å²) in [5.41, 5.74) is 8.90. The van der Waals surface area contributed by atoms with Crippen LogP contribution in [0.4, 0.5) is 0 Å². The summed E-state index contributed by atoms with van der Waals surface area (Å²) in [5, 5.41) is 0. The number of hydrogen-bond donors (Lipinski definition) is 1. The second-order valence-corrected chi connectivity index (χ2v) is 6.30. The molecule has 2 N–H and O–H groups in total. The molecule has 4 heteroatoms. The maximum atomic E-state index is 5.85. The summed E-state index contributed by atoms with van der Waals surface area (Å²) < 4.78 is 0. The number of rotatable bonds is 5. The Morgan fingerprint density at radius 2 is 1.90 bits per heavy atom. The smallest absolute Gasteiger partial charge is 0.159 e. The number of aryl methyl sites for hydroxylation is 1. The van der Waals surface area contributed by atoms with Crippen LogP contribution in [0.5, 0.6) is 0 Å². The molecule has 1 unspecified atom stereocenters. The molecule has 1 atom stereocenters. The molecule has 0 aliphatic rings. The van der Waals surface area contributed by atoms with E-state index in [0.717, 1.165) is 34.9 Å². The minimum atomic E-state index is 0.112. The van der Waals surface area contributed by atoms with Crippen molar-refractivity contribution in [1.82, 2.24) is 9.97 Å². The van der Waals surface area contributed by atoms with Crippen molar-refractivity contribution in [2.75, 3.05) is 5.75 Å². The van der Waals surface area contributed by atoms with Gasteiger partial charge in [0.1, 0.15) is 0 Å². The van der Waals surface area contributed by atoms with Gasteiger partial charge < -0.3 is 5.73 Å². The first kappa shape index (κ1) is 15.0. The molecule has 2 aromatic rings. The lowest BCUT2D eigenvalue weighted by atomic mass is 10.1. The maximum absolute atomic E-state index is 5.85. The van der Waals surface area contributed by atoms with Crippen molar-refractivity contribution in [3.8, 4) is 11.4 Å². The van der Waals surface area contributed by atoms with E-state index >= 15 is 0 Å². The van der Waals surface area contributed by atoms with Gasteiger partial charge in [-0.15, -0.1) is 11.8 Å². The van der Waals surface area contributed by atoms with Crippen molar-refractivity contribution in [1.29, 1.82) is 0 Å². The monoisotopic (exact) mass is 287 g/mol. The lowest BCUT2D eigenvalue weighted by Gasteiger charge is -2.08. The topological polar surface area (TPSA) is 51.8 Å². The fourth-order valence-electron chi connectivity index (χ4n) is 2.06. The van der Waals surface area contributed by atoms with Gasteiger partial charge in [-0.1, -0.05) is 19.1 Å². The normalized spacial score (nSPS) is 12.4. The Labute approximate surface area is 125 Å². The molecule has 1 heterocycles. The Hall–Kier alpha value is -1.39. The minimum absolute atomic E-state index is 0.112. The molecule has 2 rings (SSSR count).